The Balaban J connectivity index is 1.40. The van der Waals surface area contributed by atoms with Crippen LogP contribution in [0, 0.1) is 17.8 Å². The van der Waals surface area contributed by atoms with Crippen molar-refractivity contribution in [3.8, 4) is 0 Å². The van der Waals surface area contributed by atoms with Crippen LogP contribution in [-0.2, 0) is 4.79 Å². The summed E-state index contributed by atoms with van der Waals surface area (Å²) in [5, 5.41) is 5.76. The molecule has 2 atom stereocenters. The molecule has 0 spiro atoms. The molecule has 2 saturated carbocycles. The van der Waals surface area contributed by atoms with E-state index in [4.69, 9.17) is 5.73 Å². The van der Waals surface area contributed by atoms with Gasteiger partial charge in [-0.25, -0.2) is 4.98 Å². The van der Waals surface area contributed by atoms with Crippen LogP contribution < -0.4 is 16.4 Å². The molecule has 2 fully saturated rings. The fraction of sp³-hybridized carbons (Fsp3) is 0.409. The van der Waals surface area contributed by atoms with Gasteiger partial charge in [-0.1, -0.05) is 18.6 Å². The lowest BCUT2D eigenvalue weighted by atomic mass is 9.65. The van der Waals surface area contributed by atoms with E-state index < -0.39 is 0 Å². The summed E-state index contributed by atoms with van der Waals surface area (Å²) >= 11 is 0. The molecule has 146 valence electrons. The van der Waals surface area contributed by atoms with Crippen LogP contribution >= 0.6 is 0 Å². The largest absolute Gasteiger partial charge is 0.327 e. The van der Waals surface area contributed by atoms with Crippen LogP contribution in [0.25, 0.3) is 0 Å². The van der Waals surface area contributed by atoms with Crippen LogP contribution in [0.3, 0.4) is 0 Å². The van der Waals surface area contributed by atoms with E-state index in [-0.39, 0.29) is 23.8 Å². The van der Waals surface area contributed by atoms with Crippen molar-refractivity contribution in [2.24, 2.45) is 23.5 Å². The van der Waals surface area contributed by atoms with Crippen molar-refractivity contribution in [3.63, 3.8) is 0 Å². The zero-order chi connectivity index (χ0) is 19.5. The number of pyridine rings is 1. The average molecular weight is 378 g/mol. The Bertz CT molecular complexity index is 841. The number of amides is 2. The molecule has 4 rings (SSSR count). The predicted molar refractivity (Wildman–Crippen MR) is 109 cm³/mol. The molecule has 1 aromatic carbocycles. The van der Waals surface area contributed by atoms with E-state index in [1.165, 1.54) is 6.42 Å². The number of nitrogens with one attached hydrogen (secondary N) is 2. The minimum atomic E-state index is -0.257. The van der Waals surface area contributed by atoms with E-state index in [2.05, 4.69) is 15.6 Å². The van der Waals surface area contributed by atoms with Crippen molar-refractivity contribution in [1.82, 2.24) is 4.98 Å². The number of carbonyl (C=O) groups excluding carboxylic acids is 2. The molecule has 0 radical (unpaired) electrons. The van der Waals surface area contributed by atoms with Crippen LogP contribution in [0.2, 0.25) is 0 Å². The van der Waals surface area contributed by atoms with Crippen molar-refractivity contribution in [2.45, 2.75) is 38.1 Å². The van der Waals surface area contributed by atoms with E-state index in [1.54, 1.807) is 36.5 Å². The van der Waals surface area contributed by atoms with Crippen molar-refractivity contribution >= 4 is 23.3 Å². The Morgan fingerprint density at radius 3 is 2.50 bits per heavy atom. The Hall–Kier alpha value is -2.73. The van der Waals surface area contributed by atoms with Gasteiger partial charge in [0.15, 0.2) is 0 Å². The number of hydrogen-bond donors (Lipinski definition) is 3. The fourth-order valence-corrected chi connectivity index (χ4v) is 4.61. The molecule has 2 bridgehead atoms. The highest BCUT2D eigenvalue weighted by Gasteiger charge is 2.40. The van der Waals surface area contributed by atoms with Crippen LogP contribution in [-0.4, -0.2) is 22.8 Å². The Morgan fingerprint density at radius 2 is 1.79 bits per heavy atom. The molecule has 2 aliphatic rings. The Labute approximate surface area is 164 Å². The molecule has 6 nitrogen and oxygen atoms in total. The Kier molecular flexibility index (Phi) is 5.39. The first-order valence-electron chi connectivity index (χ1n) is 9.99. The summed E-state index contributed by atoms with van der Waals surface area (Å²) in [5.74, 6) is 1.18. The fourth-order valence-electron chi connectivity index (χ4n) is 4.61. The van der Waals surface area contributed by atoms with Gasteiger partial charge < -0.3 is 16.4 Å². The van der Waals surface area contributed by atoms with Crippen molar-refractivity contribution in [2.75, 3.05) is 10.6 Å². The molecule has 0 aliphatic heterocycles. The zero-order valence-corrected chi connectivity index (χ0v) is 15.8. The van der Waals surface area contributed by atoms with Crippen molar-refractivity contribution in [3.05, 3.63) is 54.2 Å². The standard InChI is InChI=1S/C22H26N4O2/c23-20-14-5-3-6-15(20)12-17(11-14)22(28)25-18-8-4-7-16(13-18)21(27)26-19-9-1-2-10-24-19/h1-2,4,7-10,13-15,17,20H,3,5-6,11-12,23H2,(H,25,28)(H,24,26,27). The summed E-state index contributed by atoms with van der Waals surface area (Å²) in [6.45, 7) is 0. The molecule has 1 heterocycles. The third-order valence-corrected chi connectivity index (χ3v) is 6.08. The first kappa shape index (κ1) is 18.6. The van der Waals surface area contributed by atoms with Gasteiger partial charge in [-0.3, -0.25) is 9.59 Å². The molecule has 0 saturated heterocycles. The molecule has 2 aromatic rings. The van der Waals surface area contributed by atoms with Gasteiger partial charge >= 0.3 is 0 Å². The summed E-state index contributed by atoms with van der Waals surface area (Å²) in [5.41, 5.74) is 7.45. The minimum Gasteiger partial charge on any atom is -0.327 e. The maximum atomic E-state index is 12.8. The quantitative estimate of drug-likeness (QED) is 0.759. The van der Waals surface area contributed by atoms with Gasteiger partial charge in [-0.2, -0.15) is 0 Å². The SMILES string of the molecule is NC1C2CCCC1CC(C(=O)Nc1cccc(C(=O)Nc3ccccn3)c1)C2. The number of aromatic nitrogens is 1. The van der Waals surface area contributed by atoms with Gasteiger partial charge in [0.2, 0.25) is 5.91 Å². The second-order valence-corrected chi connectivity index (χ2v) is 7.94. The molecule has 6 heteroatoms. The Morgan fingerprint density at radius 1 is 1.00 bits per heavy atom. The number of nitrogens with zero attached hydrogens (tertiary/aromatic N) is 1. The van der Waals surface area contributed by atoms with Gasteiger partial charge in [-0.15, -0.1) is 0 Å². The normalized spacial score (nSPS) is 26.3. The van der Waals surface area contributed by atoms with Crippen LogP contribution in [0.4, 0.5) is 11.5 Å². The number of benzene rings is 1. The summed E-state index contributed by atoms with van der Waals surface area (Å²) in [6.07, 6.45) is 6.84. The molecule has 2 aliphatic carbocycles. The molecule has 28 heavy (non-hydrogen) atoms. The summed E-state index contributed by atoms with van der Waals surface area (Å²) in [6, 6.07) is 12.6. The third kappa shape index (κ3) is 4.07. The summed E-state index contributed by atoms with van der Waals surface area (Å²) < 4.78 is 0. The lowest BCUT2D eigenvalue weighted by Gasteiger charge is -2.43. The third-order valence-electron chi connectivity index (χ3n) is 6.08. The summed E-state index contributed by atoms with van der Waals surface area (Å²) in [7, 11) is 0. The number of anilines is 2. The number of rotatable bonds is 4. The predicted octanol–water partition coefficient (Wildman–Crippen LogP) is 3.43. The average Bonchev–Trinajstić information content (AvgIpc) is 2.68. The van der Waals surface area contributed by atoms with Crippen LogP contribution in [0.1, 0.15) is 42.5 Å². The highest BCUT2D eigenvalue weighted by atomic mass is 16.2. The lowest BCUT2D eigenvalue weighted by molar-refractivity contribution is -0.122. The second-order valence-electron chi connectivity index (χ2n) is 7.94. The maximum absolute atomic E-state index is 12.8. The molecule has 4 N–H and O–H groups in total. The van der Waals surface area contributed by atoms with E-state index in [9.17, 15) is 9.59 Å². The van der Waals surface area contributed by atoms with Gasteiger partial charge in [0.25, 0.3) is 5.91 Å². The number of fused-ring (bicyclic) bond motifs is 2. The van der Waals surface area contributed by atoms with Gasteiger partial charge in [0.05, 0.1) is 0 Å². The summed E-state index contributed by atoms with van der Waals surface area (Å²) in [4.78, 5) is 29.4. The smallest absolute Gasteiger partial charge is 0.256 e. The second kappa shape index (κ2) is 8.10. The number of nitrogens with two attached hydrogens (primary N) is 1. The van der Waals surface area contributed by atoms with Crippen LogP contribution in [0.15, 0.2) is 48.7 Å². The lowest BCUT2D eigenvalue weighted by Crippen LogP contribution is -2.48. The van der Waals surface area contributed by atoms with Gasteiger partial charge in [-0.05, 0) is 67.9 Å². The van der Waals surface area contributed by atoms with E-state index in [0.29, 0.717) is 28.9 Å². The highest BCUT2D eigenvalue weighted by Crippen LogP contribution is 2.42. The van der Waals surface area contributed by atoms with E-state index in [1.807, 2.05) is 12.1 Å². The van der Waals surface area contributed by atoms with E-state index in [0.717, 1.165) is 25.7 Å². The van der Waals surface area contributed by atoms with E-state index >= 15 is 0 Å². The van der Waals surface area contributed by atoms with Gasteiger partial charge in [0, 0.05) is 29.4 Å². The number of carbonyl (C=O) groups is 2. The van der Waals surface area contributed by atoms with Crippen LogP contribution in [0.5, 0.6) is 0 Å². The molecular formula is C22H26N4O2. The first-order chi connectivity index (χ1) is 13.6. The molecular weight excluding hydrogens is 352 g/mol. The minimum absolute atomic E-state index is 0.00102. The molecule has 2 amide bonds. The topological polar surface area (TPSA) is 97.1 Å². The number of hydrogen-bond acceptors (Lipinski definition) is 4. The molecule has 1 aromatic heterocycles. The van der Waals surface area contributed by atoms with Gasteiger partial charge in [0.1, 0.15) is 5.82 Å². The molecule has 2 unspecified atom stereocenters. The van der Waals surface area contributed by atoms with Crippen molar-refractivity contribution in [1.29, 1.82) is 0 Å². The first-order valence-corrected chi connectivity index (χ1v) is 9.99. The monoisotopic (exact) mass is 378 g/mol. The zero-order valence-electron chi connectivity index (χ0n) is 15.8. The van der Waals surface area contributed by atoms with Crippen molar-refractivity contribution < 1.29 is 9.59 Å². The highest BCUT2D eigenvalue weighted by molar-refractivity contribution is 6.05. The maximum Gasteiger partial charge on any atom is 0.256 e.